The first-order chi connectivity index (χ1) is 49.4. The van der Waals surface area contributed by atoms with Gasteiger partial charge in [-0.2, -0.15) is 0 Å². The zero-order chi connectivity index (χ0) is 68.7. The van der Waals surface area contributed by atoms with Crippen molar-refractivity contribution in [2.24, 2.45) is 0 Å². The van der Waals surface area contributed by atoms with Gasteiger partial charge in [0, 0.05) is 22.7 Å². The van der Waals surface area contributed by atoms with Crippen LogP contribution in [0.1, 0.15) is 77.9 Å². The highest BCUT2D eigenvalue weighted by molar-refractivity contribution is 6.19. The fourth-order valence-electron chi connectivity index (χ4n) is 16.0. The molecule has 17 rings (SSSR count). The molecule has 1 heterocycles. The lowest BCUT2D eigenvalue weighted by molar-refractivity contribution is 0.482. The molecule has 2 atom stereocenters. The molecule has 2 aliphatic rings. The molecular formula is C94H68F2N2O3. The molecule has 0 saturated heterocycles. The average Bonchev–Trinajstić information content (AvgIpc) is 1.56. The number of hydrogen-bond acceptors (Lipinski definition) is 5. The quantitative estimate of drug-likeness (QED) is 0.0964. The molecule has 0 aliphatic heterocycles. The van der Waals surface area contributed by atoms with Crippen LogP contribution >= 0.6 is 0 Å². The summed E-state index contributed by atoms with van der Waals surface area (Å²) in [6, 6.07) is 103. The maximum absolute atomic E-state index is 15.6. The van der Waals surface area contributed by atoms with Gasteiger partial charge in [-0.05, 0) is 262 Å². The van der Waals surface area contributed by atoms with Crippen molar-refractivity contribution in [3.8, 4) is 45.3 Å². The first kappa shape index (κ1) is 62.0. The molecule has 1 aromatic heterocycles. The van der Waals surface area contributed by atoms with E-state index in [4.69, 9.17) is 13.9 Å². The molecule has 0 radical (unpaired) electrons. The number of ether oxygens (including phenoxy) is 2. The van der Waals surface area contributed by atoms with Crippen LogP contribution in [-0.4, -0.2) is 0 Å². The third-order valence-corrected chi connectivity index (χ3v) is 20.6. The van der Waals surface area contributed by atoms with E-state index in [9.17, 15) is 0 Å². The Bertz CT molecular complexity index is 5410. The van der Waals surface area contributed by atoms with Crippen LogP contribution in [0.2, 0.25) is 0 Å². The van der Waals surface area contributed by atoms with Crippen LogP contribution in [-0.2, 0) is 10.8 Å². The Labute approximate surface area is 587 Å². The van der Waals surface area contributed by atoms with Crippen molar-refractivity contribution in [1.82, 2.24) is 0 Å². The summed E-state index contributed by atoms with van der Waals surface area (Å²) in [6.07, 6.45) is 3.65. The second kappa shape index (κ2) is 24.7. The van der Waals surface area contributed by atoms with Gasteiger partial charge in [0.15, 0.2) is 0 Å². The predicted octanol–water partition coefficient (Wildman–Crippen LogP) is 25.6. The molecule has 2 aliphatic carbocycles. The average molecular weight is 1310 g/mol. The van der Waals surface area contributed by atoms with Crippen LogP contribution in [0.4, 0.5) is 42.9 Å². The maximum atomic E-state index is 15.6. The normalized spacial score (nSPS) is 14.8. The number of benzene rings is 14. The SMILES string of the molecule is C=Cc1ccc(Oc2ccc(C3(c4cc(C)ccc4C)c4ccccc4-c4ccc(N(c5ccc(F)cc5)c5cccc6oc7cccc(N(c8ccc(F)cc8)c8ccc9c(c8)C(c8ccc(Oc%10ccc(C=C)cc%10)cc8)(c8cc(C)ccc8C)c8ccccc8-9)c7c56)cc43)cc2)cc1. The van der Waals surface area contributed by atoms with Gasteiger partial charge in [0.25, 0.3) is 0 Å². The zero-order valence-electron chi connectivity index (χ0n) is 56.3. The lowest BCUT2D eigenvalue weighted by Crippen LogP contribution is -2.30. The Morgan fingerprint density at radius 2 is 0.683 bits per heavy atom. The Kier molecular flexibility index (Phi) is 15.2. The van der Waals surface area contributed by atoms with Crippen LogP contribution in [0.3, 0.4) is 0 Å². The standard InChI is InChI=1S/C94H68F2N2O3/c1-7-63-27-45-73(46-28-63)99-75-49-31-65(32-50-75)93(83-55-59(3)23-25-61(83)5)81-17-11-9-15-77(81)79-53-43-71(57-85(79)93)97(69-39-35-67(95)36-40-69)87-19-13-21-89-91(87)92-88(20-14-22-90(92)101-89)98(70-41-37-68(96)38-42-70)72-44-54-80-78-16-10-12-18-82(78)94(86(80)58-72,84-56-60(4)24-26-62(84)6)66-33-51-76(52-34-66)100-74-47-29-64(8-2)30-48-74/h7-58H,1-2H2,3-6H3. The second-order valence-corrected chi connectivity index (χ2v) is 26.5. The van der Waals surface area contributed by atoms with E-state index in [0.29, 0.717) is 22.7 Å². The van der Waals surface area contributed by atoms with Crippen molar-refractivity contribution in [2.75, 3.05) is 9.80 Å². The number of halogens is 2. The van der Waals surface area contributed by atoms with E-state index in [0.717, 1.165) is 157 Å². The molecule has 7 heteroatoms. The summed E-state index contributed by atoms with van der Waals surface area (Å²) >= 11 is 0. The molecule has 2 unspecified atom stereocenters. The van der Waals surface area contributed by atoms with E-state index in [2.05, 4.69) is 233 Å². The maximum Gasteiger partial charge on any atom is 0.137 e. The summed E-state index contributed by atoms with van der Waals surface area (Å²) in [5.41, 5.74) is 24.4. The largest absolute Gasteiger partial charge is 0.457 e. The van der Waals surface area contributed by atoms with E-state index in [1.807, 2.05) is 109 Å². The van der Waals surface area contributed by atoms with Gasteiger partial charge in [0.05, 0.1) is 33.0 Å². The Balaban J connectivity index is 0.872. The molecular weight excluding hydrogens is 1240 g/mol. The minimum Gasteiger partial charge on any atom is -0.457 e. The van der Waals surface area contributed by atoms with Crippen molar-refractivity contribution in [3.05, 3.63) is 406 Å². The molecule has 486 valence electrons. The highest BCUT2D eigenvalue weighted by Gasteiger charge is 2.49. The van der Waals surface area contributed by atoms with Gasteiger partial charge < -0.3 is 23.7 Å². The van der Waals surface area contributed by atoms with Crippen molar-refractivity contribution in [3.63, 3.8) is 0 Å². The van der Waals surface area contributed by atoms with Crippen LogP contribution < -0.4 is 19.3 Å². The number of rotatable bonds is 16. The molecule has 14 aromatic carbocycles. The molecule has 0 fully saturated rings. The molecule has 0 saturated carbocycles. The van der Waals surface area contributed by atoms with Gasteiger partial charge in [-0.1, -0.05) is 194 Å². The van der Waals surface area contributed by atoms with Gasteiger partial charge in [-0.15, -0.1) is 0 Å². The van der Waals surface area contributed by atoms with E-state index in [1.54, 1.807) is 0 Å². The van der Waals surface area contributed by atoms with E-state index < -0.39 is 10.8 Å². The number of anilines is 6. The van der Waals surface area contributed by atoms with Gasteiger partial charge in [-0.3, -0.25) is 0 Å². The smallest absolute Gasteiger partial charge is 0.137 e. The van der Waals surface area contributed by atoms with Crippen LogP contribution in [0.5, 0.6) is 23.0 Å². The Morgan fingerprint density at radius 1 is 0.327 bits per heavy atom. The van der Waals surface area contributed by atoms with Crippen LogP contribution in [0.15, 0.2) is 321 Å². The topological polar surface area (TPSA) is 38.1 Å². The first-order valence-corrected chi connectivity index (χ1v) is 34.1. The van der Waals surface area contributed by atoms with Crippen molar-refractivity contribution in [1.29, 1.82) is 0 Å². The molecule has 0 N–H and O–H groups in total. The summed E-state index contributed by atoms with van der Waals surface area (Å²) in [4.78, 5) is 4.48. The van der Waals surface area contributed by atoms with E-state index >= 15 is 8.78 Å². The summed E-state index contributed by atoms with van der Waals surface area (Å²) in [5.74, 6) is 2.17. The van der Waals surface area contributed by atoms with E-state index in [-0.39, 0.29) is 11.6 Å². The summed E-state index contributed by atoms with van der Waals surface area (Å²) < 4.78 is 51.3. The minimum atomic E-state index is -0.822. The van der Waals surface area contributed by atoms with Gasteiger partial charge in [0.1, 0.15) is 45.8 Å². The van der Waals surface area contributed by atoms with Gasteiger partial charge >= 0.3 is 0 Å². The highest BCUT2D eigenvalue weighted by atomic mass is 19.1. The number of hydrogen-bond donors (Lipinski definition) is 0. The molecule has 101 heavy (non-hydrogen) atoms. The fraction of sp³-hybridized carbons (Fsp3) is 0.0638. The molecule has 15 aromatic rings. The molecule has 0 bridgehead atoms. The molecule has 5 nitrogen and oxygen atoms in total. The summed E-state index contributed by atoms with van der Waals surface area (Å²) in [6.45, 7) is 16.6. The second-order valence-electron chi connectivity index (χ2n) is 26.5. The van der Waals surface area contributed by atoms with Crippen LogP contribution in [0.25, 0.3) is 56.3 Å². The number of fused-ring (bicyclic) bond motifs is 9. The molecule has 0 spiro atoms. The monoisotopic (exact) mass is 1310 g/mol. The first-order valence-electron chi connectivity index (χ1n) is 34.1. The van der Waals surface area contributed by atoms with Crippen molar-refractivity contribution >= 4 is 68.2 Å². The lowest BCUT2D eigenvalue weighted by Gasteiger charge is -2.36. The zero-order valence-corrected chi connectivity index (χ0v) is 56.3. The Hall–Kier alpha value is -12.6. The minimum absolute atomic E-state index is 0.353. The predicted molar refractivity (Wildman–Crippen MR) is 410 cm³/mol. The van der Waals surface area contributed by atoms with Crippen molar-refractivity contribution in [2.45, 2.75) is 38.5 Å². The third-order valence-electron chi connectivity index (χ3n) is 20.6. The van der Waals surface area contributed by atoms with Gasteiger partial charge in [-0.25, -0.2) is 8.78 Å². The summed E-state index contributed by atoms with van der Waals surface area (Å²) in [7, 11) is 0. The summed E-state index contributed by atoms with van der Waals surface area (Å²) in [5, 5.41) is 1.65. The van der Waals surface area contributed by atoms with Gasteiger partial charge in [0.2, 0.25) is 0 Å². The highest BCUT2D eigenvalue weighted by Crippen LogP contribution is 2.61. The lowest BCUT2D eigenvalue weighted by atomic mass is 9.66. The van der Waals surface area contributed by atoms with E-state index in [1.165, 1.54) is 24.3 Å². The van der Waals surface area contributed by atoms with Crippen LogP contribution in [0, 0.1) is 39.3 Å². The third kappa shape index (κ3) is 10.3. The molecule has 0 amide bonds. The Morgan fingerprint density at radius 3 is 1.07 bits per heavy atom. The number of furan rings is 1. The number of nitrogens with zero attached hydrogens (tertiary/aromatic N) is 2. The number of aryl methyl sites for hydroxylation is 4. The fourth-order valence-corrected chi connectivity index (χ4v) is 16.0. The van der Waals surface area contributed by atoms with Crippen molar-refractivity contribution < 1.29 is 22.7 Å².